The Hall–Kier alpha value is -1.87. The Balaban J connectivity index is 1.80. The highest BCUT2D eigenvalue weighted by molar-refractivity contribution is 5.67. The normalized spacial score (nSPS) is 10.9. The minimum atomic E-state index is 0.771. The predicted molar refractivity (Wildman–Crippen MR) is 118 cm³/mol. The van der Waals surface area contributed by atoms with Gasteiger partial charge in [0.05, 0.1) is 12.3 Å². The first kappa shape index (κ1) is 22.4. The number of nitrogens with zero attached hydrogens (tertiary/aromatic N) is 1. The van der Waals surface area contributed by atoms with Crippen LogP contribution in [0.2, 0.25) is 0 Å². The standard InChI is InChI=1S/C25H37NO2/c1-3-5-7-11-20-28-25-15-9-8-14-23(25)24-17-16-22(21-26-24)13-12-19-27-18-10-6-4-2/h8-9,14-17,21H,3-7,10-13,18-20H2,1-2H3. The van der Waals surface area contributed by atoms with Crippen molar-refractivity contribution in [3.63, 3.8) is 0 Å². The van der Waals surface area contributed by atoms with Crippen LogP contribution in [0.25, 0.3) is 11.3 Å². The smallest absolute Gasteiger partial charge is 0.128 e. The second kappa shape index (κ2) is 14.2. The fourth-order valence-electron chi connectivity index (χ4n) is 3.18. The lowest BCUT2D eigenvalue weighted by Crippen LogP contribution is -2.00. The molecule has 0 atom stereocenters. The first-order chi connectivity index (χ1) is 13.8. The SMILES string of the molecule is CCCCCCOc1ccccc1-c1ccc(CCCOCCCCC)cn1. The summed E-state index contributed by atoms with van der Waals surface area (Å²) in [6, 6.07) is 12.5. The van der Waals surface area contributed by atoms with Crippen molar-refractivity contribution in [1.82, 2.24) is 4.98 Å². The third-order valence-corrected chi connectivity index (χ3v) is 4.89. The Bertz CT molecular complexity index is 639. The van der Waals surface area contributed by atoms with Gasteiger partial charge in [-0.1, -0.05) is 64.2 Å². The van der Waals surface area contributed by atoms with E-state index < -0.39 is 0 Å². The average molecular weight is 384 g/mol. The van der Waals surface area contributed by atoms with Gasteiger partial charge in [0.2, 0.25) is 0 Å². The quantitative estimate of drug-likeness (QED) is 0.315. The zero-order valence-corrected chi connectivity index (χ0v) is 17.8. The monoisotopic (exact) mass is 383 g/mol. The third-order valence-electron chi connectivity index (χ3n) is 4.89. The van der Waals surface area contributed by atoms with E-state index in [0.29, 0.717) is 0 Å². The van der Waals surface area contributed by atoms with E-state index in [1.165, 1.54) is 44.1 Å². The Kier molecular flexibility index (Phi) is 11.3. The van der Waals surface area contributed by atoms with E-state index in [1.54, 1.807) is 0 Å². The molecule has 28 heavy (non-hydrogen) atoms. The van der Waals surface area contributed by atoms with Gasteiger partial charge in [-0.15, -0.1) is 0 Å². The Morgan fingerprint density at radius 2 is 1.50 bits per heavy atom. The van der Waals surface area contributed by atoms with Crippen LogP contribution in [0.5, 0.6) is 5.75 Å². The molecule has 0 aliphatic rings. The molecule has 0 N–H and O–H groups in total. The molecule has 0 fully saturated rings. The number of hydrogen-bond donors (Lipinski definition) is 0. The predicted octanol–water partition coefficient (Wildman–Crippen LogP) is 6.85. The highest BCUT2D eigenvalue weighted by atomic mass is 16.5. The van der Waals surface area contributed by atoms with Crippen LogP contribution in [0, 0.1) is 0 Å². The van der Waals surface area contributed by atoms with Gasteiger partial charge in [-0.25, -0.2) is 0 Å². The van der Waals surface area contributed by atoms with Gasteiger partial charge in [-0.2, -0.15) is 0 Å². The molecule has 0 unspecified atom stereocenters. The molecule has 1 heterocycles. The molecule has 0 saturated carbocycles. The molecule has 0 spiro atoms. The van der Waals surface area contributed by atoms with E-state index >= 15 is 0 Å². The van der Waals surface area contributed by atoms with E-state index in [2.05, 4.69) is 37.0 Å². The zero-order valence-electron chi connectivity index (χ0n) is 17.8. The van der Waals surface area contributed by atoms with Gasteiger partial charge in [-0.05, 0) is 49.4 Å². The molecule has 0 aliphatic heterocycles. The fourth-order valence-corrected chi connectivity index (χ4v) is 3.18. The summed E-state index contributed by atoms with van der Waals surface area (Å²) in [5.41, 5.74) is 3.31. The first-order valence-corrected chi connectivity index (χ1v) is 11.1. The van der Waals surface area contributed by atoms with Crippen LogP contribution in [-0.2, 0) is 11.2 Å². The number of benzene rings is 1. The lowest BCUT2D eigenvalue weighted by molar-refractivity contribution is 0.128. The molecule has 3 heteroatoms. The van der Waals surface area contributed by atoms with Crippen molar-refractivity contribution in [3.05, 3.63) is 48.2 Å². The van der Waals surface area contributed by atoms with Gasteiger partial charge in [0.1, 0.15) is 5.75 Å². The molecule has 2 aromatic rings. The van der Waals surface area contributed by atoms with Crippen LogP contribution >= 0.6 is 0 Å². The number of pyridine rings is 1. The number of para-hydroxylation sites is 1. The molecule has 1 aromatic heterocycles. The van der Waals surface area contributed by atoms with E-state index in [9.17, 15) is 0 Å². The van der Waals surface area contributed by atoms with E-state index in [-0.39, 0.29) is 0 Å². The summed E-state index contributed by atoms with van der Waals surface area (Å²) >= 11 is 0. The zero-order chi connectivity index (χ0) is 19.9. The maximum atomic E-state index is 6.03. The van der Waals surface area contributed by atoms with Crippen molar-refractivity contribution in [3.8, 4) is 17.0 Å². The van der Waals surface area contributed by atoms with Crippen LogP contribution in [0.4, 0.5) is 0 Å². The van der Waals surface area contributed by atoms with Crippen LogP contribution in [0.15, 0.2) is 42.6 Å². The van der Waals surface area contributed by atoms with Crippen LogP contribution < -0.4 is 4.74 Å². The highest BCUT2D eigenvalue weighted by Gasteiger charge is 2.07. The van der Waals surface area contributed by atoms with Crippen LogP contribution in [0.3, 0.4) is 0 Å². The van der Waals surface area contributed by atoms with Crippen molar-refractivity contribution >= 4 is 0 Å². The van der Waals surface area contributed by atoms with Crippen molar-refractivity contribution in [2.45, 2.75) is 71.6 Å². The topological polar surface area (TPSA) is 31.4 Å². The van der Waals surface area contributed by atoms with Gasteiger partial charge < -0.3 is 9.47 Å². The summed E-state index contributed by atoms with van der Waals surface area (Å²) in [5, 5.41) is 0. The van der Waals surface area contributed by atoms with Gasteiger partial charge in [-0.3, -0.25) is 4.98 Å². The molecular weight excluding hydrogens is 346 g/mol. The van der Waals surface area contributed by atoms with Crippen LogP contribution in [-0.4, -0.2) is 24.8 Å². The lowest BCUT2D eigenvalue weighted by atomic mass is 10.1. The van der Waals surface area contributed by atoms with Gasteiger partial charge in [0.25, 0.3) is 0 Å². The van der Waals surface area contributed by atoms with E-state index in [1.807, 2.05) is 24.4 Å². The first-order valence-electron chi connectivity index (χ1n) is 11.1. The maximum Gasteiger partial charge on any atom is 0.128 e. The fraction of sp³-hybridized carbons (Fsp3) is 0.560. The lowest BCUT2D eigenvalue weighted by Gasteiger charge is -2.11. The molecule has 0 aliphatic carbocycles. The van der Waals surface area contributed by atoms with E-state index in [4.69, 9.17) is 9.47 Å². The highest BCUT2D eigenvalue weighted by Crippen LogP contribution is 2.28. The Morgan fingerprint density at radius 1 is 0.750 bits per heavy atom. The van der Waals surface area contributed by atoms with Crippen molar-refractivity contribution in [2.24, 2.45) is 0 Å². The molecule has 154 valence electrons. The summed E-state index contributed by atoms with van der Waals surface area (Å²) in [5.74, 6) is 0.930. The Morgan fingerprint density at radius 3 is 2.29 bits per heavy atom. The molecule has 0 radical (unpaired) electrons. The number of rotatable bonds is 15. The number of unbranched alkanes of at least 4 members (excludes halogenated alkanes) is 5. The van der Waals surface area contributed by atoms with Crippen molar-refractivity contribution < 1.29 is 9.47 Å². The summed E-state index contributed by atoms with van der Waals surface area (Å²) in [7, 11) is 0. The molecule has 3 nitrogen and oxygen atoms in total. The third kappa shape index (κ3) is 8.43. The number of hydrogen-bond acceptors (Lipinski definition) is 3. The minimum absolute atomic E-state index is 0.771. The number of aryl methyl sites for hydroxylation is 1. The summed E-state index contributed by atoms with van der Waals surface area (Å²) in [6.07, 6.45) is 12.6. The van der Waals surface area contributed by atoms with Crippen molar-refractivity contribution in [1.29, 1.82) is 0 Å². The largest absolute Gasteiger partial charge is 0.493 e. The van der Waals surface area contributed by atoms with Gasteiger partial charge in [0, 0.05) is 25.0 Å². The molecule has 0 saturated heterocycles. The van der Waals surface area contributed by atoms with Crippen molar-refractivity contribution in [2.75, 3.05) is 19.8 Å². The average Bonchev–Trinajstić information content (AvgIpc) is 2.74. The minimum Gasteiger partial charge on any atom is -0.493 e. The van der Waals surface area contributed by atoms with Gasteiger partial charge in [0.15, 0.2) is 0 Å². The summed E-state index contributed by atoms with van der Waals surface area (Å²) < 4.78 is 11.7. The maximum absolute atomic E-state index is 6.03. The molecule has 2 rings (SSSR count). The molecule has 0 bridgehead atoms. The molecule has 0 amide bonds. The van der Waals surface area contributed by atoms with Crippen LogP contribution in [0.1, 0.15) is 70.8 Å². The number of aromatic nitrogens is 1. The summed E-state index contributed by atoms with van der Waals surface area (Å²) in [6.45, 7) is 6.94. The second-order valence-corrected chi connectivity index (χ2v) is 7.38. The van der Waals surface area contributed by atoms with Gasteiger partial charge >= 0.3 is 0 Å². The van der Waals surface area contributed by atoms with E-state index in [0.717, 1.165) is 56.1 Å². The molecule has 1 aromatic carbocycles. The summed E-state index contributed by atoms with van der Waals surface area (Å²) in [4.78, 5) is 4.69. The molecular formula is C25H37NO2. The second-order valence-electron chi connectivity index (χ2n) is 7.38. The Labute approximate surface area is 171 Å². The number of ether oxygens (including phenoxy) is 2.